The molecule has 0 aliphatic carbocycles. The van der Waals surface area contributed by atoms with Gasteiger partial charge in [0.25, 0.3) is 0 Å². The normalized spacial score (nSPS) is 22.0. The first-order chi connectivity index (χ1) is 12.5. The van der Waals surface area contributed by atoms with Crippen LogP contribution in [0.15, 0.2) is 24.3 Å². The van der Waals surface area contributed by atoms with Gasteiger partial charge in [-0.1, -0.05) is 32.9 Å². The number of carbonyl (C=O) groups excluding carboxylic acids is 2. The lowest BCUT2D eigenvalue weighted by Crippen LogP contribution is -2.55. The summed E-state index contributed by atoms with van der Waals surface area (Å²) in [7, 11) is 0. The number of hydrogen-bond donors (Lipinski definition) is 3. The summed E-state index contributed by atoms with van der Waals surface area (Å²) in [5, 5.41) is 21.8. The van der Waals surface area contributed by atoms with E-state index < -0.39 is 23.6 Å². The van der Waals surface area contributed by atoms with Gasteiger partial charge >= 0.3 is 0 Å². The molecule has 1 heterocycles. The van der Waals surface area contributed by atoms with Crippen molar-refractivity contribution in [1.82, 2.24) is 10.2 Å². The minimum Gasteiger partial charge on any atom is -0.391 e. The SMILES string of the molecule is CC(NC(=O)[C@@H]1C[C@@H](O)CN1C(=O)C(N)C(C)(C)C)c1ccc(C#N)cc1. The summed E-state index contributed by atoms with van der Waals surface area (Å²) in [6.45, 7) is 7.53. The molecule has 0 spiro atoms. The Morgan fingerprint density at radius 3 is 2.44 bits per heavy atom. The van der Waals surface area contributed by atoms with Crippen LogP contribution in [0.1, 0.15) is 51.3 Å². The van der Waals surface area contributed by atoms with Gasteiger partial charge < -0.3 is 21.1 Å². The molecule has 1 aromatic carbocycles. The van der Waals surface area contributed by atoms with Crippen LogP contribution in [0.4, 0.5) is 0 Å². The molecule has 4 N–H and O–H groups in total. The van der Waals surface area contributed by atoms with Gasteiger partial charge in [0.1, 0.15) is 6.04 Å². The molecule has 1 aliphatic heterocycles. The summed E-state index contributed by atoms with van der Waals surface area (Å²) < 4.78 is 0. The van der Waals surface area contributed by atoms with Crippen molar-refractivity contribution in [2.45, 2.75) is 58.3 Å². The maximum Gasteiger partial charge on any atom is 0.243 e. The van der Waals surface area contributed by atoms with E-state index in [1.807, 2.05) is 27.7 Å². The zero-order valence-electron chi connectivity index (χ0n) is 16.3. The predicted octanol–water partition coefficient (Wildman–Crippen LogP) is 1.07. The average Bonchev–Trinajstić information content (AvgIpc) is 3.01. The summed E-state index contributed by atoms with van der Waals surface area (Å²) in [6.07, 6.45) is -0.559. The number of aliphatic hydroxyl groups is 1. The molecule has 2 rings (SSSR count). The molecule has 1 fully saturated rings. The van der Waals surface area contributed by atoms with Crippen molar-refractivity contribution in [2.24, 2.45) is 11.1 Å². The third kappa shape index (κ3) is 4.85. The highest BCUT2D eigenvalue weighted by molar-refractivity contribution is 5.91. The highest BCUT2D eigenvalue weighted by atomic mass is 16.3. The van der Waals surface area contributed by atoms with Gasteiger partial charge in [0.15, 0.2) is 0 Å². The topological polar surface area (TPSA) is 119 Å². The van der Waals surface area contributed by atoms with Gasteiger partial charge in [0, 0.05) is 13.0 Å². The first-order valence-electron chi connectivity index (χ1n) is 9.09. The lowest BCUT2D eigenvalue weighted by atomic mass is 9.86. The van der Waals surface area contributed by atoms with Crippen molar-refractivity contribution >= 4 is 11.8 Å². The van der Waals surface area contributed by atoms with Crippen molar-refractivity contribution in [3.63, 3.8) is 0 Å². The van der Waals surface area contributed by atoms with E-state index in [1.165, 1.54) is 4.90 Å². The zero-order chi connectivity index (χ0) is 20.4. The summed E-state index contributed by atoms with van der Waals surface area (Å²) in [5.41, 5.74) is 7.03. The second-order valence-electron chi connectivity index (χ2n) is 8.20. The number of benzene rings is 1. The fourth-order valence-electron chi connectivity index (χ4n) is 3.09. The van der Waals surface area contributed by atoms with Crippen LogP contribution in [0.3, 0.4) is 0 Å². The van der Waals surface area contributed by atoms with Crippen LogP contribution >= 0.6 is 0 Å². The van der Waals surface area contributed by atoms with Gasteiger partial charge in [-0.15, -0.1) is 0 Å². The van der Waals surface area contributed by atoms with E-state index in [2.05, 4.69) is 11.4 Å². The monoisotopic (exact) mass is 372 g/mol. The van der Waals surface area contributed by atoms with Crippen molar-refractivity contribution in [3.05, 3.63) is 35.4 Å². The van der Waals surface area contributed by atoms with Crippen LogP contribution in [0.2, 0.25) is 0 Å². The van der Waals surface area contributed by atoms with E-state index in [1.54, 1.807) is 24.3 Å². The Labute approximate surface area is 160 Å². The number of likely N-dealkylation sites (tertiary alicyclic amines) is 1. The van der Waals surface area contributed by atoms with Crippen molar-refractivity contribution in [3.8, 4) is 6.07 Å². The Balaban J connectivity index is 2.10. The van der Waals surface area contributed by atoms with Gasteiger partial charge in [-0.2, -0.15) is 5.26 Å². The van der Waals surface area contributed by atoms with Crippen LogP contribution in [0, 0.1) is 16.7 Å². The number of nitrogens with two attached hydrogens (primary N) is 1. The highest BCUT2D eigenvalue weighted by Gasteiger charge is 2.42. The molecule has 2 unspecified atom stereocenters. The van der Waals surface area contributed by atoms with Crippen LogP contribution < -0.4 is 11.1 Å². The van der Waals surface area contributed by atoms with Crippen LogP contribution in [-0.2, 0) is 9.59 Å². The summed E-state index contributed by atoms with van der Waals surface area (Å²) in [4.78, 5) is 26.9. The zero-order valence-corrected chi connectivity index (χ0v) is 16.3. The molecule has 146 valence electrons. The Morgan fingerprint density at radius 2 is 1.93 bits per heavy atom. The Hall–Kier alpha value is -2.43. The molecule has 0 radical (unpaired) electrons. The second kappa shape index (κ2) is 8.07. The first kappa shape index (κ1) is 20.9. The maximum absolute atomic E-state index is 12.8. The molecule has 0 saturated carbocycles. The fraction of sp³-hybridized carbons (Fsp3) is 0.550. The van der Waals surface area contributed by atoms with Gasteiger partial charge in [-0.05, 0) is 30.0 Å². The summed E-state index contributed by atoms with van der Waals surface area (Å²) in [6, 6.07) is 7.20. The number of amides is 2. The van der Waals surface area contributed by atoms with Crippen LogP contribution in [0.25, 0.3) is 0 Å². The highest BCUT2D eigenvalue weighted by Crippen LogP contribution is 2.25. The van der Waals surface area contributed by atoms with E-state index in [0.29, 0.717) is 5.56 Å². The Kier molecular flexibility index (Phi) is 6.24. The molecule has 2 amide bonds. The molecule has 27 heavy (non-hydrogen) atoms. The third-order valence-electron chi connectivity index (χ3n) is 4.96. The van der Waals surface area contributed by atoms with Crippen molar-refractivity contribution in [1.29, 1.82) is 5.26 Å². The van der Waals surface area contributed by atoms with E-state index in [-0.39, 0.29) is 30.8 Å². The van der Waals surface area contributed by atoms with Gasteiger partial charge in [0.2, 0.25) is 11.8 Å². The number of β-amino-alcohol motifs (C(OH)–C–C–N with tert-alkyl or cyclic N) is 1. The molecule has 4 atom stereocenters. The average molecular weight is 372 g/mol. The third-order valence-corrected chi connectivity index (χ3v) is 4.96. The lowest BCUT2D eigenvalue weighted by Gasteiger charge is -2.32. The predicted molar refractivity (Wildman–Crippen MR) is 101 cm³/mol. The molecule has 1 aromatic rings. The number of nitriles is 1. The van der Waals surface area contributed by atoms with Gasteiger partial charge in [-0.3, -0.25) is 9.59 Å². The number of aliphatic hydroxyl groups excluding tert-OH is 1. The van der Waals surface area contributed by atoms with E-state index in [0.717, 1.165) is 5.56 Å². The lowest BCUT2D eigenvalue weighted by molar-refractivity contribution is -0.141. The number of hydrogen-bond acceptors (Lipinski definition) is 5. The van der Waals surface area contributed by atoms with Crippen molar-refractivity contribution in [2.75, 3.05) is 6.54 Å². The molecule has 1 aliphatic rings. The Morgan fingerprint density at radius 1 is 1.33 bits per heavy atom. The maximum atomic E-state index is 12.8. The number of nitrogens with one attached hydrogen (secondary N) is 1. The fourth-order valence-corrected chi connectivity index (χ4v) is 3.09. The minimum absolute atomic E-state index is 0.103. The number of carbonyl (C=O) groups is 2. The van der Waals surface area contributed by atoms with Crippen LogP contribution in [-0.4, -0.2) is 46.6 Å². The standard InChI is InChI=1S/C20H28N4O3/c1-12(14-7-5-13(10-21)6-8-14)23-18(26)16-9-15(25)11-24(16)19(27)17(22)20(2,3)4/h5-8,12,15-17,25H,9,11,22H2,1-4H3,(H,23,26)/t12?,15-,16+,17?/m1/s1. The van der Waals surface area contributed by atoms with E-state index in [4.69, 9.17) is 11.0 Å². The number of rotatable bonds is 4. The Bertz CT molecular complexity index is 733. The molecule has 0 bridgehead atoms. The smallest absolute Gasteiger partial charge is 0.243 e. The molecule has 7 nitrogen and oxygen atoms in total. The van der Waals surface area contributed by atoms with Crippen LogP contribution in [0.5, 0.6) is 0 Å². The molecule has 0 aromatic heterocycles. The second-order valence-corrected chi connectivity index (χ2v) is 8.20. The largest absolute Gasteiger partial charge is 0.391 e. The van der Waals surface area contributed by atoms with E-state index >= 15 is 0 Å². The van der Waals surface area contributed by atoms with Gasteiger partial charge in [-0.25, -0.2) is 0 Å². The minimum atomic E-state index is -0.756. The first-order valence-corrected chi connectivity index (χ1v) is 9.09. The summed E-state index contributed by atoms with van der Waals surface area (Å²) in [5.74, 6) is -0.650. The molecular weight excluding hydrogens is 344 g/mol. The summed E-state index contributed by atoms with van der Waals surface area (Å²) >= 11 is 0. The van der Waals surface area contributed by atoms with Crippen molar-refractivity contribution < 1.29 is 14.7 Å². The molecule has 1 saturated heterocycles. The number of nitrogens with zero attached hydrogens (tertiary/aromatic N) is 2. The van der Waals surface area contributed by atoms with Gasteiger partial charge in [0.05, 0.1) is 29.8 Å². The van der Waals surface area contributed by atoms with E-state index in [9.17, 15) is 14.7 Å². The quantitative estimate of drug-likeness (QED) is 0.730. The molecule has 7 heteroatoms. The molecular formula is C20H28N4O3.